The highest BCUT2D eigenvalue weighted by Gasteiger charge is 2.20. The van der Waals surface area contributed by atoms with Crippen LogP contribution in [-0.4, -0.2) is 29.4 Å². The monoisotopic (exact) mass is 343 g/mol. The van der Waals surface area contributed by atoms with E-state index in [9.17, 15) is 4.79 Å². The minimum atomic E-state index is -0.179. The first-order valence-electron chi connectivity index (χ1n) is 8.88. The van der Waals surface area contributed by atoms with Gasteiger partial charge >= 0.3 is 0 Å². The van der Waals surface area contributed by atoms with Crippen LogP contribution in [0.15, 0.2) is 30.5 Å². The summed E-state index contributed by atoms with van der Waals surface area (Å²) in [6, 6.07) is 7.41. The zero-order valence-corrected chi connectivity index (χ0v) is 14.8. The summed E-state index contributed by atoms with van der Waals surface area (Å²) in [7, 11) is 1.58. The van der Waals surface area contributed by atoms with Gasteiger partial charge in [-0.1, -0.05) is 19.3 Å². The van der Waals surface area contributed by atoms with Crippen LogP contribution in [0.1, 0.15) is 55.4 Å². The van der Waals surface area contributed by atoms with Gasteiger partial charge < -0.3 is 14.8 Å². The second-order valence-corrected chi connectivity index (χ2v) is 6.21. The lowest BCUT2D eigenvalue weighted by Gasteiger charge is -2.24. The zero-order valence-electron chi connectivity index (χ0n) is 14.8. The van der Waals surface area contributed by atoms with Crippen molar-refractivity contribution in [2.24, 2.45) is 0 Å². The average Bonchev–Trinajstić information content (AvgIpc) is 3.10. The van der Waals surface area contributed by atoms with Crippen molar-refractivity contribution in [3.8, 4) is 11.5 Å². The predicted octanol–water partition coefficient (Wildman–Crippen LogP) is 4.05. The lowest BCUT2D eigenvalue weighted by Crippen LogP contribution is -2.20. The minimum absolute atomic E-state index is 0.179. The van der Waals surface area contributed by atoms with E-state index in [1.165, 1.54) is 19.3 Å². The molecule has 1 saturated carbocycles. The number of hydrogen-bond donors (Lipinski definition) is 1. The smallest absolute Gasteiger partial charge is 0.256 e. The van der Waals surface area contributed by atoms with E-state index in [1.54, 1.807) is 31.5 Å². The molecule has 1 N–H and O–H groups in total. The van der Waals surface area contributed by atoms with Crippen molar-refractivity contribution in [2.45, 2.75) is 45.1 Å². The Morgan fingerprint density at radius 2 is 2.04 bits per heavy atom. The van der Waals surface area contributed by atoms with Crippen LogP contribution < -0.4 is 14.8 Å². The standard InChI is InChI=1S/C19H25N3O3/c1-3-25-17-13-14(9-10-16(17)24-2)19(23)21-18-11-12-20-22(18)15-7-5-4-6-8-15/h9-13,15H,3-8H2,1-2H3,(H,21,23). The molecule has 0 saturated heterocycles. The molecule has 0 unspecified atom stereocenters. The Balaban J connectivity index is 1.76. The van der Waals surface area contributed by atoms with E-state index in [0.717, 1.165) is 18.7 Å². The number of nitrogens with zero attached hydrogens (tertiary/aromatic N) is 2. The van der Waals surface area contributed by atoms with Gasteiger partial charge in [0.1, 0.15) is 5.82 Å². The predicted molar refractivity (Wildman–Crippen MR) is 96.5 cm³/mol. The molecule has 0 atom stereocenters. The number of aromatic nitrogens is 2. The van der Waals surface area contributed by atoms with E-state index in [1.807, 2.05) is 17.7 Å². The van der Waals surface area contributed by atoms with E-state index in [4.69, 9.17) is 9.47 Å². The largest absolute Gasteiger partial charge is 0.493 e. The highest BCUT2D eigenvalue weighted by Crippen LogP contribution is 2.31. The molecule has 0 radical (unpaired) electrons. The van der Waals surface area contributed by atoms with Crippen LogP contribution in [0, 0.1) is 0 Å². The molecule has 1 heterocycles. The lowest BCUT2D eigenvalue weighted by atomic mass is 9.96. The van der Waals surface area contributed by atoms with E-state index >= 15 is 0 Å². The Morgan fingerprint density at radius 3 is 2.76 bits per heavy atom. The molecule has 0 bridgehead atoms. The average molecular weight is 343 g/mol. The molecule has 0 aliphatic heterocycles. The number of anilines is 1. The number of methoxy groups -OCH3 is 1. The molecule has 3 rings (SSSR count). The molecule has 1 aliphatic rings. The molecule has 2 aromatic rings. The zero-order chi connectivity index (χ0) is 17.6. The van der Waals surface area contributed by atoms with Crippen molar-refractivity contribution >= 4 is 11.7 Å². The Hall–Kier alpha value is -2.50. The topological polar surface area (TPSA) is 65.4 Å². The summed E-state index contributed by atoms with van der Waals surface area (Å²) >= 11 is 0. The molecule has 1 fully saturated rings. The maximum absolute atomic E-state index is 12.7. The van der Waals surface area contributed by atoms with Gasteiger partial charge in [0, 0.05) is 11.6 Å². The van der Waals surface area contributed by atoms with Crippen LogP contribution in [-0.2, 0) is 0 Å². The number of carbonyl (C=O) groups is 1. The van der Waals surface area contributed by atoms with Crippen LogP contribution in [0.4, 0.5) is 5.82 Å². The summed E-state index contributed by atoms with van der Waals surface area (Å²) in [5, 5.41) is 7.39. The number of rotatable bonds is 6. The van der Waals surface area contributed by atoms with E-state index in [2.05, 4.69) is 10.4 Å². The third-order valence-electron chi connectivity index (χ3n) is 4.56. The van der Waals surface area contributed by atoms with Gasteiger partial charge in [0.25, 0.3) is 5.91 Å². The maximum atomic E-state index is 12.7. The van der Waals surface area contributed by atoms with E-state index in [0.29, 0.717) is 29.7 Å². The summed E-state index contributed by atoms with van der Waals surface area (Å²) in [5.41, 5.74) is 0.528. The Kier molecular flexibility index (Phi) is 5.58. The van der Waals surface area contributed by atoms with Crippen molar-refractivity contribution < 1.29 is 14.3 Å². The number of hydrogen-bond acceptors (Lipinski definition) is 4. The minimum Gasteiger partial charge on any atom is -0.493 e. The van der Waals surface area contributed by atoms with Gasteiger partial charge in [0.05, 0.1) is 26.0 Å². The van der Waals surface area contributed by atoms with Crippen molar-refractivity contribution in [3.63, 3.8) is 0 Å². The summed E-state index contributed by atoms with van der Waals surface area (Å²) in [5.74, 6) is 1.75. The molecule has 6 heteroatoms. The summed E-state index contributed by atoms with van der Waals surface area (Å²) in [6.07, 6.45) is 7.68. The number of amides is 1. The molecule has 134 valence electrons. The van der Waals surface area contributed by atoms with Crippen molar-refractivity contribution in [2.75, 3.05) is 19.0 Å². The maximum Gasteiger partial charge on any atom is 0.256 e. The molecule has 1 aromatic carbocycles. The highest BCUT2D eigenvalue weighted by molar-refractivity contribution is 6.04. The molecular weight excluding hydrogens is 318 g/mol. The highest BCUT2D eigenvalue weighted by atomic mass is 16.5. The fourth-order valence-corrected chi connectivity index (χ4v) is 3.30. The lowest BCUT2D eigenvalue weighted by molar-refractivity contribution is 0.102. The summed E-state index contributed by atoms with van der Waals surface area (Å²) in [4.78, 5) is 12.7. The quantitative estimate of drug-likeness (QED) is 0.859. The molecule has 1 aromatic heterocycles. The SMILES string of the molecule is CCOc1cc(C(=O)Nc2ccnn2C2CCCCC2)ccc1OC. The number of ether oxygens (including phenoxy) is 2. The van der Waals surface area contributed by atoms with Crippen molar-refractivity contribution in [1.29, 1.82) is 0 Å². The van der Waals surface area contributed by atoms with E-state index in [-0.39, 0.29) is 5.91 Å². The van der Waals surface area contributed by atoms with Crippen molar-refractivity contribution in [1.82, 2.24) is 9.78 Å². The normalized spacial score (nSPS) is 15.0. The fraction of sp³-hybridized carbons (Fsp3) is 0.474. The van der Waals surface area contributed by atoms with Gasteiger partial charge in [-0.2, -0.15) is 5.10 Å². The van der Waals surface area contributed by atoms with Gasteiger partial charge in [-0.25, -0.2) is 4.68 Å². The first-order valence-corrected chi connectivity index (χ1v) is 8.88. The first-order chi connectivity index (χ1) is 12.2. The number of nitrogens with one attached hydrogen (secondary N) is 1. The molecule has 0 spiro atoms. The van der Waals surface area contributed by atoms with Crippen LogP contribution in [0.25, 0.3) is 0 Å². The molecule has 1 amide bonds. The first kappa shape index (κ1) is 17.3. The van der Waals surface area contributed by atoms with Gasteiger partial charge in [0.15, 0.2) is 11.5 Å². The Labute approximate surface area is 148 Å². The second-order valence-electron chi connectivity index (χ2n) is 6.21. The van der Waals surface area contributed by atoms with Crippen LogP contribution in [0.2, 0.25) is 0 Å². The molecular formula is C19H25N3O3. The second kappa shape index (κ2) is 8.05. The van der Waals surface area contributed by atoms with Gasteiger partial charge in [-0.15, -0.1) is 0 Å². The summed E-state index contributed by atoms with van der Waals surface area (Å²) in [6.45, 7) is 2.41. The van der Waals surface area contributed by atoms with Gasteiger partial charge in [-0.05, 0) is 38.0 Å². The third-order valence-corrected chi connectivity index (χ3v) is 4.56. The fourth-order valence-electron chi connectivity index (χ4n) is 3.30. The van der Waals surface area contributed by atoms with E-state index < -0.39 is 0 Å². The van der Waals surface area contributed by atoms with Gasteiger partial charge in [0.2, 0.25) is 0 Å². The Morgan fingerprint density at radius 1 is 1.24 bits per heavy atom. The molecule has 25 heavy (non-hydrogen) atoms. The third kappa shape index (κ3) is 3.95. The molecule has 6 nitrogen and oxygen atoms in total. The number of carbonyl (C=O) groups excluding carboxylic acids is 1. The van der Waals surface area contributed by atoms with Gasteiger partial charge in [-0.3, -0.25) is 4.79 Å². The van der Waals surface area contributed by atoms with Crippen molar-refractivity contribution in [3.05, 3.63) is 36.0 Å². The Bertz CT molecular complexity index is 720. The van der Waals surface area contributed by atoms with Crippen LogP contribution >= 0.6 is 0 Å². The summed E-state index contributed by atoms with van der Waals surface area (Å²) < 4.78 is 12.8. The van der Waals surface area contributed by atoms with Crippen LogP contribution in [0.5, 0.6) is 11.5 Å². The van der Waals surface area contributed by atoms with Crippen LogP contribution in [0.3, 0.4) is 0 Å². The molecule has 1 aliphatic carbocycles. The number of benzene rings is 1.